The van der Waals surface area contributed by atoms with Gasteiger partial charge in [-0.15, -0.1) is 0 Å². The van der Waals surface area contributed by atoms with Crippen LogP contribution in [0.5, 0.6) is 0 Å². The van der Waals surface area contributed by atoms with Crippen molar-refractivity contribution in [2.75, 3.05) is 5.32 Å². The first kappa shape index (κ1) is 12.5. The maximum atomic E-state index is 11.4. The van der Waals surface area contributed by atoms with E-state index in [-0.39, 0.29) is 18.7 Å². The van der Waals surface area contributed by atoms with Gasteiger partial charge in [0, 0.05) is 12.4 Å². The first-order valence-corrected chi connectivity index (χ1v) is 6.23. The minimum atomic E-state index is -1.23. The van der Waals surface area contributed by atoms with Crippen LogP contribution in [0.3, 0.4) is 0 Å². The number of rotatable bonds is 4. The molecule has 0 aliphatic carbocycles. The average molecular weight is 263 g/mol. The number of carboxylic acids is 1. The molecule has 18 heavy (non-hydrogen) atoms. The van der Waals surface area contributed by atoms with Gasteiger partial charge in [0.1, 0.15) is 0 Å². The van der Waals surface area contributed by atoms with Crippen LogP contribution in [-0.4, -0.2) is 16.9 Å². The summed E-state index contributed by atoms with van der Waals surface area (Å²) in [6.07, 6.45) is -0.382. The van der Waals surface area contributed by atoms with Crippen LogP contribution >= 0.6 is 11.3 Å². The summed E-state index contributed by atoms with van der Waals surface area (Å²) in [4.78, 5) is 25.9. The molecule has 1 aromatic heterocycles. The molecule has 0 atom stereocenters. The van der Waals surface area contributed by atoms with Crippen LogP contribution in [0.1, 0.15) is 18.4 Å². The standard InChI is InChI=1S/C12H12N2O3S/c1-7-2-3-8-9(6-7)18-12(13-8)14-10(15)4-5-11(16)17/h2-3,6H,4-5H2,1H3,(H,16,17)(H,13,14,15)/p-1. The van der Waals surface area contributed by atoms with Gasteiger partial charge in [-0.2, -0.15) is 0 Å². The van der Waals surface area contributed by atoms with Crippen molar-refractivity contribution in [3.63, 3.8) is 0 Å². The smallest absolute Gasteiger partial charge is 0.226 e. The number of amides is 1. The Hall–Kier alpha value is -1.95. The van der Waals surface area contributed by atoms with E-state index in [1.165, 1.54) is 11.3 Å². The highest BCUT2D eigenvalue weighted by Crippen LogP contribution is 2.26. The fraction of sp³-hybridized carbons (Fsp3) is 0.250. The number of aliphatic carboxylic acids is 1. The third-order valence-corrected chi connectivity index (χ3v) is 3.28. The molecule has 0 unspecified atom stereocenters. The number of carbonyl (C=O) groups excluding carboxylic acids is 2. The molecule has 0 fully saturated rings. The minimum Gasteiger partial charge on any atom is -0.550 e. The number of nitrogens with zero attached hydrogens (tertiary/aromatic N) is 1. The van der Waals surface area contributed by atoms with E-state index in [2.05, 4.69) is 10.3 Å². The Morgan fingerprint density at radius 3 is 2.89 bits per heavy atom. The molecule has 0 aliphatic rings. The maximum Gasteiger partial charge on any atom is 0.226 e. The fourth-order valence-electron chi connectivity index (χ4n) is 1.48. The second kappa shape index (κ2) is 5.14. The van der Waals surface area contributed by atoms with E-state index in [4.69, 9.17) is 0 Å². The highest BCUT2D eigenvalue weighted by molar-refractivity contribution is 7.22. The van der Waals surface area contributed by atoms with Crippen molar-refractivity contribution in [2.45, 2.75) is 19.8 Å². The van der Waals surface area contributed by atoms with Crippen molar-refractivity contribution < 1.29 is 14.7 Å². The van der Waals surface area contributed by atoms with Gasteiger partial charge in [0.15, 0.2) is 5.13 Å². The van der Waals surface area contributed by atoms with Gasteiger partial charge in [-0.3, -0.25) is 4.79 Å². The van der Waals surface area contributed by atoms with Gasteiger partial charge in [0.25, 0.3) is 0 Å². The van der Waals surface area contributed by atoms with Gasteiger partial charge in [0.05, 0.1) is 10.2 Å². The minimum absolute atomic E-state index is 0.0999. The number of fused-ring (bicyclic) bond motifs is 1. The molecule has 2 rings (SSSR count). The lowest BCUT2D eigenvalue weighted by Gasteiger charge is -2.01. The van der Waals surface area contributed by atoms with E-state index < -0.39 is 5.97 Å². The SMILES string of the molecule is Cc1ccc2nc(NC(=O)CCC(=O)[O-])sc2c1. The van der Waals surface area contributed by atoms with Gasteiger partial charge in [-0.1, -0.05) is 17.4 Å². The third-order valence-electron chi connectivity index (χ3n) is 2.35. The van der Waals surface area contributed by atoms with Crippen LogP contribution in [-0.2, 0) is 9.59 Å². The predicted molar refractivity (Wildman–Crippen MR) is 67.2 cm³/mol. The van der Waals surface area contributed by atoms with Gasteiger partial charge in [0.2, 0.25) is 5.91 Å². The lowest BCUT2D eigenvalue weighted by atomic mass is 10.2. The Labute approximate surface area is 107 Å². The summed E-state index contributed by atoms with van der Waals surface area (Å²) in [5.74, 6) is -1.60. The molecule has 94 valence electrons. The molecular weight excluding hydrogens is 252 g/mol. The van der Waals surface area contributed by atoms with Gasteiger partial charge in [-0.25, -0.2) is 4.98 Å². The van der Waals surface area contributed by atoms with Crippen molar-refractivity contribution in [1.29, 1.82) is 0 Å². The molecule has 2 aromatic rings. The first-order chi connectivity index (χ1) is 8.54. The summed E-state index contributed by atoms with van der Waals surface area (Å²) in [6, 6.07) is 5.82. The Morgan fingerprint density at radius 1 is 1.39 bits per heavy atom. The third kappa shape index (κ3) is 3.04. The molecule has 1 amide bonds. The number of nitrogens with one attached hydrogen (secondary N) is 1. The topological polar surface area (TPSA) is 82.1 Å². The molecule has 6 heteroatoms. The van der Waals surface area contributed by atoms with Crippen molar-refractivity contribution in [1.82, 2.24) is 4.98 Å². The number of thiazole rings is 1. The molecule has 0 aliphatic heterocycles. The van der Waals surface area contributed by atoms with E-state index in [1.807, 2.05) is 25.1 Å². The van der Waals surface area contributed by atoms with Crippen LogP contribution in [0.2, 0.25) is 0 Å². The monoisotopic (exact) mass is 263 g/mol. The molecule has 0 spiro atoms. The Kier molecular flexibility index (Phi) is 3.57. The van der Waals surface area contributed by atoms with E-state index in [1.54, 1.807) is 0 Å². The zero-order valence-electron chi connectivity index (χ0n) is 9.73. The molecule has 1 N–H and O–H groups in total. The number of anilines is 1. The Bertz CT molecular complexity index is 606. The number of hydrogen-bond acceptors (Lipinski definition) is 5. The van der Waals surface area contributed by atoms with Crippen LogP contribution in [0.25, 0.3) is 10.2 Å². The second-order valence-corrected chi connectivity index (χ2v) is 4.94. The summed E-state index contributed by atoms with van der Waals surface area (Å²) >= 11 is 1.37. The molecule has 0 saturated carbocycles. The summed E-state index contributed by atoms with van der Waals surface area (Å²) in [5, 5.41) is 13.3. The zero-order valence-corrected chi connectivity index (χ0v) is 10.5. The lowest BCUT2D eigenvalue weighted by Crippen LogP contribution is -2.24. The number of carbonyl (C=O) groups is 2. The normalized spacial score (nSPS) is 10.5. The van der Waals surface area contributed by atoms with E-state index >= 15 is 0 Å². The molecular formula is C12H11N2O3S-. The number of carboxylic acid groups (broad SMARTS) is 1. The zero-order chi connectivity index (χ0) is 13.1. The number of benzene rings is 1. The van der Waals surface area contributed by atoms with Crippen LogP contribution < -0.4 is 10.4 Å². The van der Waals surface area contributed by atoms with Crippen LogP contribution in [0.15, 0.2) is 18.2 Å². The van der Waals surface area contributed by atoms with Crippen molar-refractivity contribution in [2.24, 2.45) is 0 Å². The van der Waals surface area contributed by atoms with Crippen LogP contribution in [0.4, 0.5) is 5.13 Å². The molecule has 0 bridgehead atoms. The van der Waals surface area contributed by atoms with E-state index in [0.29, 0.717) is 5.13 Å². The van der Waals surface area contributed by atoms with Crippen molar-refractivity contribution in [3.05, 3.63) is 23.8 Å². The Balaban J connectivity index is 2.07. The largest absolute Gasteiger partial charge is 0.550 e. The summed E-state index contributed by atoms with van der Waals surface area (Å²) < 4.78 is 0.991. The second-order valence-electron chi connectivity index (χ2n) is 3.91. The number of aryl methyl sites for hydroxylation is 1. The van der Waals surface area contributed by atoms with Crippen molar-refractivity contribution in [3.8, 4) is 0 Å². The number of aromatic nitrogens is 1. The summed E-state index contributed by atoms with van der Waals surface area (Å²) in [6.45, 7) is 1.98. The van der Waals surface area contributed by atoms with Crippen molar-refractivity contribution >= 4 is 38.6 Å². The molecule has 0 saturated heterocycles. The highest BCUT2D eigenvalue weighted by Gasteiger charge is 2.07. The molecule has 5 nitrogen and oxygen atoms in total. The van der Waals surface area contributed by atoms with E-state index in [9.17, 15) is 14.7 Å². The fourth-order valence-corrected chi connectivity index (χ4v) is 2.46. The number of hydrogen-bond donors (Lipinski definition) is 1. The van der Waals surface area contributed by atoms with E-state index in [0.717, 1.165) is 15.8 Å². The van der Waals surface area contributed by atoms with Gasteiger partial charge >= 0.3 is 0 Å². The molecule has 0 radical (unpaired) electrons. The first-order valence-electron chi connectivity index (χ1n) is 5.41. The molecule has 1 aromatic carbocycles. The summed E-state index contributed by atoms with van der Waals surface area (Å²) in [7, 11) is 0. The average Bonchev–Trinajstić information content (AvgIpc) is 2.67. The quantitative estimate of drug-likeness (QED) is 0.894. The van der Waals surface area contributed by atoms with Crippen LogP contribution in [0, 0.1) is 6.92 Å². The lowest BCUT2D eigenvalue weighted by molar-refractivity contribution is -0.305. The Morgan fingerprint density at radius 2 is 2.17 bits per heavy atom. The predicted octanol–water partition coefficient (Wildman–Crippen LogP) is 1.07. The van der Waals surface area contributed by atoms with Gasteiger partial charge in [-0.05, 0) is 31.0 Å². The highest BCUT2D eigenvalue weighted by atomic mass is 32.1. The molecule has 1 heterocycles. The van der Waals surface area contributed by atoms with Gasteiger partial charge < -0.3 is 15.2 Å². The maximum absolute atomic E-state index is 11.4. The summed E-state index contributed by atoms with van der Waals surface area (Å²) in [5.41, 5.74) is 1.95.